The number of hydrogen-bond donors (Lipinski definition) is 3. The van der Waals surface area contributed by atoms with Crippen LogP contribution in [-0.4, -0.2) is 59.7 Å². The minimum atomic E-state index is -2.76. The van der Waals surface area contributed by atoms with Crippen molar-refractivity contribution in [2.75, 3.05) is 12.3 Å². The van der Waals surface area contributed by atoms with Gasteiger partial charge in [0.15, 0.2) is 29.9 Å². The van der Waals surface area contributed by atoms with Gasteiger partial charge in [-0.3, -0.25) is 14.2 Å². The van der Waals surface area contributed by atoms with Gasteiger partial charge in [-0.2, -0.15) is 0 Å². The Kier molecular flexibility index (Phi) is 5.60. The summed E-state index contributed by atoms with van der Waals surface area (Å²) in [5.74, 6) is -4.05. The molecule has 160 valence electrons. The summed E-state index contributed by atoms with van der Waals surface area (Å²) >= 11 is 0. The number of carbonyl (C=O) groups is 2. The summed E-state index contributed by atoms with van der Waals surface area (Å²) in [7, 11) is 0. The fourth-order valence-corrected chi connectivity index (χ4v) is 3.46. The van der Waals surface area contributed by atoms with Crippen LogP contribution in [-0.2, 0) is 19.1 Å². The summed E-state index contributed by atoms with van der Waals surface area (Å²) in [6.45, 7) is 0.640. The predicted octanol–water partition coefficient (Wildman–Crippen LogP) is 0.402. The quantitative estimate of drug-likeness (QED) is 0.421. The molecule has 0 aliphatic carbocycles. The lowest BCUT2D eigenvalue weighted by molar-refractivity contribution is -0.206. The van der Waals surface area contributed by atoms with Gasteiger partial charge in [0.2, 0.25) is 0 Å². The number of hydrogen-bond acceptors (Lipinski definition) is 9. The van der Waals surface area contributed by atoms with Crippen LogP contribution in [0.4, 0.5) is 10.2 Å². The van der Waals surface area contributed by atoms with Gasteiger partial charge in [-0.1, -0.05) is 12.8 Å². The molecule has 0 spiro atoms. The number of esters is 1. The molecule has 1 saturated heterocycles. The first kappa shape index (κ1) is 21.4. The molecule has 0 saturated carbocycles. The van der Waals surface area contributed by atoms with Crippen molar-refractivity contribution in [3.8, 4) is 12.3 Å². The number of imidazole rings is 1. The average Bonchev–Trinajstić information content (AvgIpc) is 3.23. The number of nitrogens with two attached hydrogens (primary N) is 1. The van der Waals surface area contributed by atoms with Gasteiger partial charge in [0.05, 0.1) is 12.2 Å². The number of aliphatic hydroxyl groups is 1. The predicted molar refractivity (Wildman–Crippen MR) is 99.1 cm³/mol. The number of carboxylic acid groups (broad SMARTS) is 1. The zero-order valence-corrected chi connectivity index (χ0v) is 16.0. The van der Waals surface area contributed by atoms with Crippen LogP contribution in [0.3, 0.4) is 0 Å². The van der Waals surface area contributed by atoms with Gasteiger partial charge in [-0.25, -0.2) is 19.3 Å². The summed E-state index contributed by atoms with van der Waals surface area (Å²) in [4.78, 5) is 34.5. The van der Waals surface area contributed by atoms with Crippen LogP contribution in [0.25, 0.3) is 11.2 Å². The van der Waals surface area contributed by atoms with Gasteiger partial charge >= 0.3 is 11.9 Å². The maximum atomic E-state index is 15.9. The Bertz CT molecular complexity index is 1020. The van der Waals surface area contributed by atoms with Crippen molar-refractivity contribution in [2.45, 2.75) is 43.9 Å². The van der Waals surface area contributed by atoms with Crippen molar-refractivity contribution in [1.82, 2.24) is 19.5 Å². The number of terminal acetylenes is 1. The number of carboxylic acids is 1. The molecule has 1 fully saturated rings. The van der Waals surface area contributed by atoms with Gasteiger partial charge in [0.25, 0.3) is 5.85 Å². The van der Waals surface area contributed by atoms with E-state index < -0.39 is 48.6 Å². The zero-order valence-electron chi connectivity index (χ0n) is 16.0. The van der Waals surface area contributed by atoms with Crippen LogP contribution in [0.2, 0.25) is 0 Å². The number of anilines is 1. The molecule has 1 aliphatic heterocycles. The number of alkyl halides is 1. The highest BCUT2D eigenvalue weighted by molar-refractivity contribution is 5.81. The molecule has 12 heteroatoms. The third-order valence-corrected chi connectivity index (χ3v) is 4.97. The second-order valence-corrected chi connectivity index (χ2v) is 6.81. The molecule has 0 unspecified atom stereocenters. The molecule has 0 radical (unpaired) electrons. The molecule has 1 aliphatic rings. The Hall–Kier alpha value is -3.30. The third kappa shape index (κ3) is 3.53. The number of fused-ring (bicyclic) bond motifs is 1. The molecule has 0 bridgehead atoms. The largest absolute Gasteiger partial charge is 0.481 e. The summed E-state index contributed by atoms with van der Waals surface area (Å²) in [6, 6.07) is 0. The van der Waals surface area contributed by atoms with E-state index in [9.17, 15) is 14.7 Å². The molecule has 30 heavy (non-hydrogen) atoms. The van der Waals surface area contributed by atoms with Crippen LogP contribution >= 0.6 is 0 Å². The Morgan fingerprint density at radius 3 is 2.83 bits per heavy atom. The van der Waals surface area contributed by atoms with E-state index >= 15 is 4.39 Å². The average molecular weight is 421 g/mol. The van der Waals surface area contributed by atoms with E-state index in [1.54, 1.807) is 0 Å². The lowest BCUT2D eigenvalue weighted by atomic mass is 9.81. The number of ether oxygens (including phenoxy) is 2. The fraction of sp³-hybridized carbons (Fsp3) is 0.500. The first-order valence-corrected chi connectivity index (χ1v) is 9.03. The van der Waals surface area contributed by atoms with Crippen LogP contribution in [0, 0.1) is 18.3 Å². The normalized spacial score (nSPS) is 28.3. The van der Waals surface area contributed by atoms with Crippen molar-refractivity contribution in [2.24, 2.45) is 5.92 Å². The monoisotopic (exact) mass is 421 g/mol. The summed E-state index contributed by atoms with van der Waals surface area (Å²) < 4.78 is 27.4. The highest BCUT2D eigenvalue weighted by Crippen LogP contribution is 2.52. The zero-order chi connectivity index (χ0) is 22.1. The van der Waals surface area contributed by atoms with Gasteiger partial charge in [0.1, 0.15) is 11.8 Å². The van der Waals surface area contributed by atoms with Gasteiger partial charge < -0.3 is 25.4 Å². The van der Waals surface area contributed by atoms with Crippen molar-refractivity contribution >= 4 is 28.9 Å². The SMILES string of the molecule is C#C[C@@]1(O)[C@H](n2cnc3c(N)ncnc32)O[C@@](F)(COC(=O)CC)[C@H]1CCC(=O)O. The molecule has 3 rings (SSSR count). The van der Waals surface area contributed by atoms with Gasteiger partial charge in [0, 0.05) is 12.8 Å². The molecule has 2 aromatic heterocycles. The second kappa shape index (κ2) is 7.85. The first-order chi connectivity index (χ1) is 14.2. The highest BCUT2D eigenvalue weighted by Gasteiger charge is 2.65. The summed E-state index contributed by atoms with van der Waals surface area (Å²) in [5, 5.41) is 20.3. The minimum Gasteiger partial charge on any atom is -0.481 e. The lowest BCUT2D eigenvalue weighted by Crippen LogP contribution is -2.46. The number of nitrogen functional groups attached to an aromatic ring is 1. The Morgan fingerprint density at radius 2 is 2.20 bits per heavy atom. The maximum absolute atomic E-state index is 15.9. The fourth-order valence-electron chi connectivity index (χ4n) is 3.46. The van der Waals surface area contributed by atoms with Crippen molar-refractivity contribution in [3.63, 3.8) is 0 Å². The number of aliphatic carboxylic acids is 1. The molecule has 0 aromatic carbocycles. The number of halogens is 1. The standard InChI is InChI=1S/C18H20FN5O6/c1-3-12(27)29-7-18(19)10(5-6-11(25)26)17(28,4-2)16(30-18)24-9-23-13-14(20)21-8-22-15(13)24/h2,8-10,16,28H,3,5-7H2,1H3,(H,25,26)(H2,20,21,22)/t10-,16+,17-,18-/m0/s1. The van der Waals surface area contributed by atoms with Crippen LogP contribution in [0.15, 0.2) is 12.7 Å². The lowest BCUT2D eigenvalue weighted by Gasteiger charge is -2.30. The molecular formula is C18H20FN5O6. The molecule has 4 N–H and O–H groups in total. The Labute approximate surface area is 170 Å². The van der Waals surface area contributed by atoms with Gasteiger partial charge in [-0.05, 0) is 6.42 Å². The van der Waals surface area contributed by atoms with E-state index in [-0.39, 0.29) is 29.8 Å². The second-order valence-electron chi connectivity index (χ2n) is 6.81. The molecule has 4 atom stereocenters. The number of rotatable bonds is 7. The summed E-state index contributed by atoms with van der Waals surface area (Å²) in [5.41, 5.74) is 3.75. The molecule has 0 amide bonds. The molecule has 2 aromatic rings. The van der Waals surface area contributed by atoms with E-state index in [4.69, 9.17) is 26.7 Å². The van der Waals surface area contributed by atoms with Crippen molar-refractivity contribution in [1.29, 1.82) is 0 Å². The first-order valence-electron chi connectivity index (χ1n) is 9.03. The number of nitrogens with zero attached hydrogens (tertiary/aromatic N) is 4. The van der Waals surface area contributed by atoms with Crippen molar-refractivity contribution < 1.29 is 33.7 Å². The maximum Gasteiger partial charge on any atom is 0.305 e. The highest BCUT2D eigenvalue weighted by atomic mass is 19.2. The van der Waals surface area contributed by atoms with Gasteiger partial charge in [-0.15, -0.1) is 6.42 Å². The molecule has 11 nitrogen and oxygen atoms in total. The van der Waals surface area contributed by atoms with E-state index in [0.717, 1.165) is 6.33 Å². The van der Waals surface area contributed by atoms with Crippen LogP contribution in [0.1, 0.15) is 32.4 Å². The van der Waals surface area contributed by atoms with E-state index in [2.05, 4.69) is 20.9 Å². The minimum absolute atomic E-state index is 0.0128. The van der Waals surface area contributed by atoms with Crippen molar-refractivity contribution in [3.05, 3.63) is 12.7 Å². The number of aromatic nitrogens is 4. The number of carbonyl (C=O) groups excluding carboxylic acids is 1. The smallest absolute Gasteiger partial charge is 0.305 e. The Balaban J connectivity index is 2.06. The van der Waals surface area contributed by atoms with E-state index in [1.165, 1.54) is 17.8 Å². The van der Waals surface area contributed by atoms with Crippen LogP contribution in [0.5, 0.6) is 0 Å². The van der Waals surface area contributed by atoms with E-state index in [1.807, 2.05) is 0 Å². The molecular weight excluding hydrogens is 401 g/mol. The van der Waals surface area contributed by atoms with E-state index in [0.29, 0.717) is 0 Å². The Morgan fingerprint density at radius 1 is 1.47 bits per heavy atom. The van der Waals surface area contributed by atoms with Crippen LogP contribution < -0.4 is 5.73 Å². The molecule has 3 heterocycles. The topological polar surface area (TPSA) is 163 Å². The summed E-state index contributed by atoms with van der Waals surface area (Å²) in [6.07, 6.45) is 5.44. The third-order valence-electron chi connectivity index (χ3n) is 4.97.